The van der Waals surface area contributed by atoms with Crippen LogP contribution < -0.4 is 5.32 Å². The van der Waals surface area contributed by atoms with E-state index in [4.69, 9.17) is 0 Å². The molecule has 1 N–H and O–H groups in total. The summed E-state index contributed by atoms with van der Waals surface area (Å²) in [5.74, 6) is 0.0251. The molecular weight excluding hydrogens is 274 g/mol. The summed E-state index contributed by atoms with van der Waals surface area (Å²) in [5.41, 5.74) is 3.54. The van der Waals surface area contributed by atoms with Gasteiger partial charge in [-0.25, -0.2) is 0 Å². The maximum atomic E-state index is 12.5. The van der Waals surface area contributed by atoms with Gasteiger partial charge in [-0.1, -0.05) is 37.3 Å². The normalized spacial score (nSPS) is 15.1. The minimum Gasteiger partial charge on any atom is -0.351 e. The van der Waals surface area contributed by atoms with Crippen molar-refractivity contribution in [2.45, 2.75) is 51.6 Å². The summed E-state index contributed by atoms with van der Waals surface area (Å²) in [4.78, 5) is 12.5. The average Bonchev–Trinajstić information content (AvgIpc) is 2.98. The van der Waals surface area contributed by atoms with E-state index in [2.05, 4.69) is 22.0 Å². The van der Waals surface area contributed by atoms with Crippen LogP contribution in [0.2, 0.25) is 0 Å². The number of aromatic nitrogens is 2. The molecule has 0 aliphatic carbocycles. The first-order valence-electron chi connectivity index (χ1n) is 8.15. The molecule has 0 spiro atoms. The van der Waals surface area contributed by atoms with Gasteiger partial charge < -0.3 is 5.32 Å². The molecule has 0 unspecified atom stereocenters. The SMILES string of the molecule is CC[C@H](C(=O)NCc1cnn2c1CCCC2)c1ccccc1. The number of fused-ring (bicyclic) bond motifs is 1. The lowest BCUT2D eigenvalue weighted by Crippen LogP contribution is -2.29. The third-order valence-corrected chi connectivity index (χ3v) is 4.45. The molecule has 22 heavy (non-hydrogen) atoms. The Morgan fingerprint density at radius 3 is 2.91 bits per heavy atom. The first-order valence-corrected chi connectivity index (χ1v) is 8.15. The number of hydrogen-bond acceptors (Lipinski definition) is 2. The second kappa shape index (κ2) is 6.77. The van der Waals surface area contributed by atoms with Crippen LogP contribution in [0.1, 0.15) is 48.9 Å². The zero-order valence-electron chi connectivity index (χ0n) is 13.1. The molecule has 0 fully saturated rings. The molecule has 116 valence electrons. The van der Waals surface area contributed by atoms with E-state index in [0.717, 1.165) is 30.5 Å². The fourth-order valence-electron chi connectivity index (χ4n) is 3.20. The van der Waals surface area contributed by atoms with Crippen molar-refractivity contribution in [3.8, 4) is 0 Å². The first kappa shape index (κ1) is 14.8. The van der Waals surface area contributed by atoms with Gasteiger partial charge in [0.25, 0.3) is 0 Å². The smallest absolute Gasteiger partial charge is 0.227 e. The molecule has 1 aliphatic heterocycles. The van der Waals surface area contributed by atoms with Crippen LogP contribution in [0.15, 0.2) is 36.5 Å². The predicted octanol–water partition coefficient (Wildman–Crippen LogP) is 3.03. The van der Waals surface area contributed by atoms with Gasteiger partial charge in [0.05, 0.1) is 12.1 Å². The largest absolute Gasteiger partial charge is 0.351 e. The molecule has 4 nitrogen and oxygen atoms in total. The number of amides is 1. The van der Waals surface area contributed by atoms with E-state index in [1.165, 1.54) is 18.5 Å². The highest BCUT2D eigenvalue weighted by molar-refractivity contribution is 5.83. The summed E-state index contributed by atoms with van der Waals surface area (Å²) in [6.07, 6.45) is 6.20. The summed E-state index contributed by atoms with van der Waals surface area (Å²) < 4.78 is 2.08. The Morgan fingerprint density at radius 2 is 2.14 bits per heavy atom. The minimum atomic E-state index is -0.0763. The lowest BCUT2D eigenvalue weighted by atomic mass is 9.95. The van der Waals surface area contributed by atoms with Crippen LogP contribution >= 0.6 is 0 Å². The van der Waals surface area contributed by atoms with Crippen molar-refractivity contribution in [1.82, 2.24) is 15.1 Å². The van der Waals surface area contributed by atoms with Gasteiger partial charge in [-0.15, -0.1) is 0 Å². The van der Waals surface area contributed by atoms with E-state index in [1.54, 1.807) is 0 Å². The summed E-state index contributed by atoms with van der Waals surface area (Å²) in [6.45, 7) is 3.64. The standard InChI is InChI=1S/C18H23N3O/c1-2-16(14-8-4-3-5-9-14)18(22)19-12-15-13-20-21-11-7-6-10-17(15)21/h3-5,8-9,13,16H,2,6-7,10-12H2,1H3,(H,19,22)/t16-/m0/s1. The number of hydrogen-bond donors (Lipinski definition) is 1. The minimum absolute atomic E-state index is 0.0763. The Hall–Kier alpha value is -2.10. The van der Waals surface area contributed by atoms with Gasteiger partial charge in [-0.3, -0.25) is 9.48 Å². The van der Waals surface area contributed by atoms with Crippen LogP contribution in [0.3, 0.4) is 0 Å². The van der Waals surface area contributed by atoms with Crippen molar-refractivity contribution in [2.24, 2.45) is 0 Å². The number of benzene rings is 1. The van der Waals surface area contributed by atoms with Crippen LogP contribution in [-0.2, 0) is 24.3 Å². The molecule has 0 saturated carbocycles. The topological polar surface area (TPSA) is 46.9 Å². The number of aryl methyl sites for hydroxylation is 1. The molecule has 4 heteroatoms. The molecule has 0 saturated heterocycles. The van der Waals surface area contributed by atoms with Crippen molar-refractivity contribution in [3.05, 3.63) is 53.3 Å². The van der Waals surface area contributed by atoms with Crippen LogP contribution in [0.4, 0.5) is 0 Å². The number of nitrogens with zero attached hydrogens (tertiary/aromatic N) is 2. The molecule has 1 aliphatic rings. The second-order valence-electron chi connectivity index (χ2n) is 5.89. The van der Waals surface area contributed by atoms with Gasteiger partial charge in [0.2, 0.25) is 5.91 Å². The van der Waals surface area contributed by atoms with Gasteiger partial charge in [-0.05, 0) is 31.2 Å². The van der Waals surface area contributed by atoms with E-state index >= 15 is 0 Å². The molecule has 0 radical (unpaired) electrons. The fourth-order valence-corrected chi connectivity index (χ4v) is 3.20. The number of carbonyl (C=O) groups is 1. The summed E-state index contributed by atoms with van der Waals surface area (Å²) in [5, 5.41) is 7.52. The van der Waals surface area contributed by atoms with Gasteiger partial charge in [0.1, 0.15) is 0 Å². The van der Waals surface area contributed by atoms with E-state index in [0.29, 0.717) is 6.54 Å². The molecule has 0 bridgehead atoms. The van der Waals surface area contributed by atoms with Gasteiger partial charge in [0, 0.05) is 24.3 Å². The average molecular weight is 297 g/mol. The van der Waals surface area contributed by atoms with Gasteiger partial charge in [-0.2, -0.15) is 5.10 Å². The third kappa shape index (κ3) is 3.06. The number of nitrogens with one attached hydrogen (secondary N) is 1. The fraction of sp³-hybridized carbons (Fsp3) is 0.444. The Morgan fingerprint density at radius 1 is 1.32 bits per heavy atom. The van der Waals surface area contributed by atoms with Crippen molar-refractivity contribution >= 4 is 5.91 Å². The van der Waals surface area contributed by atoms with Crippen molar-refractivity contribution in [2.75, 3.05) is 0 Å². The lowest BCUT2D eigenvalue weighted by Gasteiger charge is -2.17. The van der Waals surface area contributed by atoms with Gasteiger partial charge in [0.15, 0.2) is 0 Å². The summed E-state index contributed by atoms with van der Waals surface area (Å²) >= 11 is 0. The lowest BCUT2D eigenvalue weighted by molar-refractivity contribution is -0.122. The Balaban J connectivity index is 1.65. The maximum absolute atomic E-state index is 12.5. The highest BCUT2D eigenvalue weighted by Crippen LogP contribution is 2.21. The van der Waals surface area contributed by atoms with Gasteiger partial charge >= 0.3 is 0 Å². The quantitative estimate of drug-likeness (QED) is 0.922. The molecule has 1 aromatic carbocycles. The van der Waals surface area contributed by atoms with Crippen LogP contribution in [0.5, 0.6) is 0 Å². The first-order chi connectivity index (χ1) is 10.8. The van der Waals surface area contributed by atoms with Crippen LogP contribution in [0.25, 0.3) is 0 Å². The molecule has 1 atom stereocenters. The maximum Gasteiger partial charge on any atom is 0.227 e. The molecule has 2 aromatic rings. The molecular formula is C18H23N3O. The number of carbonyl (C=O) groups excluding carboxylic acids is 1. The number of rotatable bonds is 5. The molecule has 3 rings (SSSR count). The van der Waals surface area contributed by atoms with Crippen LogP contribution in [-0.4, -0.2) is 15.7 Å². The Kier molecular flexibility index (Phi) is 4.56. The van der Waals surface area contributed by atoms with E-state index in [1.807, 2.05) is 36.5 Å². The van der Waals surface area contributed by atoms with E-state index < -0.39 is 0 Å². The van der Waals surface area contributed by atoms with Crippen molar-refractivity contribution in [3.63, 3.8) is 0 Å². The molecule has 1 amide bonds. The second-order valence-corrected chi connectivity index (χ2v) is 5.89. The summed E-state index contributed by atoms with van der Waals surface area (Å²) in [7, 11) is 0. The molecule has 2 heterocycles. The monoisotopic (exact) mass is 297 g/mol. The van der Waals surface area contributed by atoms with Crippen LogP contribution in [0, 0.1) is 0 Å². The summed E-state index contributed by atoms with van der Waals surface area (Å²) in [6, 6.07) is 10.00. The van der Waals surface area contributed by atoms with E-state index in [-0.39, 0.29) is 11.8 Å². The zero-order chi connectivity index (χ0) is 15.4. The molecule has 1 aromatic heterocycles. The third-order valence-electron chi connectivity index (χ3n) is 4.45. The Bertz CT molecular complexity index is 633. The van der Waals surface area contributed by atoms with E-state index in [9.17, 15) is 4.79 Å². The van der Waals surface area contributed by atoms with Crippen molar-refractivity contribution < 1.29 is 4.79 Å². The highest BCUT2D eigenvalue weighted by Gasteiger charge is 2.20. The highest BCUT2D eigenvalue weighted by atomic mass is 16.1. The van der Waals surface area contributed by atoms with Crippen molar-refractivity contribution in [1.29, 1.82) is 0 Å². The Labute approximate surface area is 131 Å². The zero-order valence-corrected chi connectivity index (χ0v) is 13.1. The predicted molar refractivity (Wildman–Crippen MR) is 86.5 cm³/mol.